The molecule has 0 aromatic carbocycles. The molecule has 1 atom stereocenters. The summed E-state index contributed by atoms with van der Waals surface area (Å²) in [4.78, 5) is 2.66. The zero-order valence-corrected chi connectivity index (χ0v) is 14.3. The van der Waals surface area contributed by atoms with Crippen molar-refractivity contribution < 1.29 is 0 Å². The minimum Gasteiger partial charge on any atom is -0.315 e. The fourth-order valence-corrected chi connectivity index (χ4v) is 4.30. The third kappa shape index (κ3) is 4.46. The van der Waals surface area contributed by atoms with Gasteiger partial charge in [-0.25, -0.2) is 0 Å². The van der Waals surface area contributed by atoms with E-state index in [2.05, 4.69) is 38.2 Å². The zero-order valence-electron chi connectivity index (χ0n) is 14.3. The molecule has 2 heteroatoms. The second-order valence-corrected chi connectivity index (χ2v) is 8.13. The maximum atomic E-state index is 3.62. The van der Waals surface area contributed by atoms with E-state index in [4.69, 9.17) is 0 Å². The van der Waals surface area contributed by atoms with E-state index in [-0.39, 0.29) is 0 Å². The number of nitrogens with one attached hydrogen (secondary N) is 1. The average molecular weight is 280 g/mol. The van der Waals surface area contributed by atoms with Gasteiger partial charge in [0.1, 0.15) is 0 Å². The fourth-order valence-electron chi connectivity index (χ4n) is 4.30. The molecular weight excluding hydrogens is 244 g/mol. The van der Waals surface area contributed by atoms with E-state index in [1.54, 1.807) is 0 Å². The number of hydrogen-bond donors (Lipinski definition) is 1. The average Bonchev–Trinajstić information content (AvgIpc) is 2.45. The van der Waals surface area contributed by atoms with Gasteiger partial charge >= 0.3 is 0 Å². The second kappa shape index (κ2) is 7.26. The van der Waals surface area contributed by atoms with Crippen molar-refractivity contribution in [2.45, 2.75) is 83.7 Å². The third-order valence-corrected chi connectivity index (χ3v) is 6.01. The summed E-state index contributed by atoms with van der Waals surface area (Å²) in [6.45, 7) is 6.11. The lowest BCUT2D eigenvalue weighted by molar-refractivity contribution is 0.107. The third-order valence-electron chi connectivity index (χ3n) is 6.01. The van der Waals surface area contributed by atoms with Gasteiger partial charge in [-0.05, 0) is 64.0 Å². The van der Waals surface area contributed by atoms with Crippen LogP contribution in [0.4, 0.5) is 0 Å². The van der Waals surface area contributed by atoms with Crippen molar-refractivity contribution in [1.82, 2.24) is 10.2 Å². The van der Waals surface area contributed by atoms with E-state index in [9.17, 15) is 0 Å². The molecule has 1 unspecified atom stereocenters. The van der Waals surface area contributed by atoms with Gasteiger partial charge in [0, 0.05) is 18.6 Å². The summed E-state index contributed by atoms with van der Waals surface area (Å²) in [7, 11) is 4.52. The fraction of sp³-hybridized carbons (Fsp3) is 1.00. The molecule has 2 rings (SSSR count). The Kier molecular flexibility index (Phi) is 5.92. The molecule has 118 valence electrons. The van der Waals surface area contributed by atoms with E-state index in [0.29, 0.717) is 11.5 Å². The van der Waals surface area contributed by atoms with Crippen molar-refractivity contribution >= 4 is 0 Å². The van der Waals surface area contributed by atoms with Crippen LogP contribution in [0.1, 0.15) is 71.6 Å². The molecule has 0 aromatic heterocycles. The van der Waals surface area contributed by atoms with Crippen LogP contribution in [0.3, 0.4) is 0 Å². The highest BCUT2D eigenvalue weighted by Gasteiger charge is 2.31. The van der Waals surface area contributed by atoms with Gasteiger partial charge in [-0.1, -0.05) is 33.1 Å². The molecule has 2 fully saturated rings. The number of likely N-dealkylation sites (N-methyl/N-ethyl adjacent to an activating group) is 2. The molecule has 0 bridgehead atoms. The van der Waals surface area contributed by atoms with E-state index in [0.717, 1.165) is 12.0 Å². The van der Waals surface area contributed by atoms with Gasteiger partial charge in [0.05, 0.1) is 0 Å². The van der Waals surface area contributed by atoms with Gasteiger partial charge < -0.3 is 10.2 Å². The predicted molar refractivity (Wildman–Crippen MR) is 88.1 cm³/mol. The Hall–Kier alpha value is -0.0800. The summed E-state index contributed by atoms with van der Waals surface area (Å²) in [5.41, 5.74) is 0.586. The molecule has 2 nitrogen and oxygen atoms in total. The first kappa shape index (κ1) is 16.3. The lowest BCUT2D eigenvalue weighted by Gasteiger charge is -2.41. The van der Waals surface area contributed by atoms with Crippen molar-refractivity contribution in [3.8, 4) is 0 Å². The highest BCUT2D eigenvalue weighted by molar-refractivity contribution is 4.86. The number of nitrogens with zero attached hydrogens (tertiary/aromatic N) is 1. The summed E-state index contributed by atoms with van der Waals surface area (Å²) >= 11 is 0. The quantitative estimate of drug-likeness (QED) is 0.817. The first-order valence-corrected chi connectivity index (χ1v) is 8.89. The Morgan fingerprint density at radius 3 is 2.20 bits per heavy atom. The molecule has 0 heterocycles. The molecule has 0 radical (unpaired) electrons. The second-order valence-electron chi connectivity index (χ2n) is 8.13. The highest BCUT2D eigenvalue weighted by Crippen LogP contribution is 2.37. The minimum absolute atomic E-state index is 0.586. The van der Waals surface area contributed by atoms with E-state index in [1.165, 1.54) is 64.3 Å². The van der Waals surface area contributed by atoms with Gasteiger partial charge in [0.2, 0.25) is 0 Å². The van der Waals surface area contributed by atoms with Gasteiger partial charge in [0.25, 0.3) is 0 Å². The van der Waals surface area contributed by atoms with Crippen LogP contribution in [-0.2, 0) is 0 Å². The van der Waals surface area contributed by atoms with Gasteiger partial charge in [-0.2, -0.15) is 0 Å². The van der Waals surface area contributed by atoms with Crippen LogP contribution >= 0.6 is 0 Å². The number of hydrogen-bond acceptors (Lipinski definition) is 2. The Morgan fingerprint density at radius 2 is 1.65 bits per heavy atom. The van der Waals surface area contributed by atoms with Gasteiger partial charge in [0.15, 0.2) is 0 Å². The van der Waals surface area contributed by atoms with Crippen molar-refractivity contribution in [1.29, 1.82) is 0 Å². The van der Waals surface area contributed by atoms with Crippen LogP contribution in [0.15, 0.2) is 0 Å². The number of rotatable bonds is 5. The SMILES string of the molecule is CNC(CN(C)C1CCC(C)(C)CC1)C1CCCCC1. The molecule has 2 saturated carbocycles. The normalized spacial score (nSPS) is 26.9. The summed E-state index contributed by atoms with van der Waals surface area (Å²) in [6.07, 6.45) is 12.8. The molecule has 0 aromatic rings. The minimum atomic E-state index is 0.586. The van der Waals surface area contributed by atoms with Crippen LogP contribution in [-0.4, -0.2) is 37.6 Å². The Morgan fingerprint density at radius 1 is 1.05 bits per heavy atom. The lowest BCUT2D eigenvalue weighted by Crippen LogP contribution is -2.47. The molecule has 0 spiro atoms. The predicted octanol–water partition coefficient (Wildman–Crippen LogP) is 4.06. The van der Waals surface area contributed by atoms with Crippen molar-refractivity contribution in [2.75, 3.05) is 20.6 Å². The van der Waals surface area contributed by atoms with Crippen molar-refractivity contribution in [3.05, 3.63) is 0 Å². The standard InChI is InChI=1S/C18H36N2/c1-18(2)12-10-16(11-13-18)20(4)14-17(19-3)15-8-6-5-7-9-15/h15-17,19H,5-14H2,1-4H3. The Balaban J connectivity index is 1.81. The van der Waals surface area contributed by atoms with Crippen LogP contribution in [0.5, 0.6) is 0 Å². The van der Waals surface area contributed by atoms with Crippen LogP contribution in [0.25, 0.3) is 0 Å². The molecule has 1 N–H and O–H groups in total. The summed E-state index contributed by atoms with van der Waals surface area (Å²) in [5, 5.41) is 3.62. The zero-order chi connectivity index (χ0) is 14.6. The topological polar surface area (TPSA) is 15.3 Å². The Labute approximate surface area is 126 Å². The van der Waals surface area contributed by atoms with Crippen molar-refractivity contribution in [3.63, 3.8) is 0 Å². The van der Waals surface area contributed by atoms with E-state index < -0.39 is 0 Å². The largest absolute Gasteiger partial charge is 0.315 e. The maximum absolute atomic E-state index is 3.62. The van der Waals surface area contributed by atoms with Gasteiger partial charge in [-0.3, -0.25) is 0 Å². The van der Waals surface area contributed by atoms with Crippen LogP contribution in [0.2, 0.25) is 0 Å². The summed E-state index contributed by atoms with van der Waals surface area (Å²) in [6, 6.07) is 1.53. The summed E-state index contributed by atoms with van der Waals surface area (Å²) in [5.74, 6) is 0.913. The van der Waals surface area contributed by atoms with E-state index in [1.807, 2.05) is 0 Å². The first-order valence-electron chi connectivity index (χ1n) is 8.89. The molecular formula is C18H36N2. The first-order chi connectivity index (χ1) is 9.52. The maximum Gasteiger partial charge on any atom is 0.0220 e. The monoisotopic (exact) mass is 280 g/mol. The summed E-state index contributed by atoms with van der Waals surface area (Å²) < 4.78 is 0. The molecule has 2 aliphatic carbocycles. The molecule has 0 saturated heterocycles. The Bertz CT molecular complexity index is 271. The molecule has 2 aliphatic rings. The van der Waals surface area contributed by atoms with Crippen LogP contribution < -0.4 is 5.32 Å². The van der Waals surface area contributed by atoms with Crippen LogP contribution in [0, 0.1) is 11.3 Å². The molecule has 0 aliphatic heterocycles. The lowest BCUT2D eigenvalue weighted by atomic mass is 9.75. The molecule has 0 amide bonds. The molecule has 20 heavy (non-hydrogen) atoms. The smallest absolute Gasteiger partial charge is 0.0220 e. The van der Waals surface area contributed by atoms with Gasteiger partial charge in [-0.15, -0.1) is 0 Å². The highest BCUT2D eigenvalue weighted by atomic mass is 15.2. The van der Waals surface area contributed by atoms with E-state index >= 15 is 0 Å². The van der Waals surface area contributed by atoms with Crippen molar-refractivity contribution in [2.24, 2.45) is 11.3 Å².